The van der Waals surface area contributed by atoms with Gasteiger partial charge in [-0.25, -0.2) is 0 Å². The van der Waals surface area contributed by atoms with E-state index in [1.54, 1.807) is 6.07 Å². The van der Waals surface area contributed by atoms with E-state index in [1.165, 1.54) is 16.0 Å². The number of hydrogen-bond donors (Lipinski definition) is 1. The summed E-state index contributed by atoms with van der Waals surface area (Å²) >= 11 is 1.82. The van der Waals surface area contributed by atoms with Gasteiger partial charge < -0.3 is 5.11 Å². The maximum atomic E-state index is 9.27. The molecule has 2 heteroatoms. The Hall–Kier alpha value is -1.02. The van der Waals surface area contributed by atoms with Gasteiger partial charge in [0.05, 0.1) is 0 Å². The number of phenolic OH excluding ortho intramolecular Hbond substituents is 1. The summed E-state index contributed by atoms with van der Waals surface area (Å²) in [6.45, 7) is 2.18. The molecule has 2 rings (SSSR count). The Kier molecular flexibility index (Phi) is 2.23. The van der Waals surface area contributed by atoms with Crippen LogP contribution >= 0.6 is 11.3 Å². The van der Waals surface area contributed by atoms with Crippen molar-refractivity contribution in [3.63, 3.8) is 0 Å². The number of phenols is 1. The first-order valence-corrected chi connectivity index (χ1v) is 5.32. The quantitative estimate of drug-likeness (QED) is 0.771. The topological polar surface area (TPSA) is 20.2 Å². The molecule has 0 unspecified atom stereocenters. The van der Waals surface area contributed by atoms with E-state index in [4.69, 9.17) is 0 Å². The van der Waals surface area contributed by atoms with Crippen LogP contribution in [0.4, 0.5) is 0 Å². The van der Waals surface area contributed by atoms with Crippen LogP contribution in [-0.4, -0.2) is 5.11 Å². The minimum Gasteiger partial charge on any atom is -0.508 e. The van der Waals surface area contributed by atoms with E-state index in [9.17, 15) is 5.11 Å². The first-order chi connectivity index (χ1) is 6.29. The highest BCUT2D eigenvalue weighted by Gasteiger charge is 2.01. The van der Waals surface area contributed by atoms with Gasteiger partial charge in [-0.2, -0.15) is 0 Å². The predicted molar refractivity (Wildman–Crippen MR) is 57.5 cm³/mol. The molecule has 0 atom stereocenters. The molecular weight excluding hydrogens is 180 g/mol. The van der Waals surface area contributed by atoms with E-state index in [1.807, 2.05) is 23.5 Å². The largest absolute Gasteiger partial charge is 0.508 e. The van der Waals surface area contributed by atoms with Gasteiger partial charge in [0.1, 0.15) is 5.75 Å². The smallest absolute Gasteiger partial charge is 0.116 e. The molecule has 1 aromatic carbocycles. The zero-order chi connectivity index (χ0) is 9.26. The van der Waals surface area contributed by atoms with E-state index in [-0.39, 0.29) is 0 Å². The highest BCUT2D eigenvalue weighted by atomic mass is 32.1. The number of hydrogen-bond acceptors (Lipinski definition) is 2. The van der Waals surface area contributed by atoms with Crippen LogP contribution in [0.25, 0.3) is 10.1 Å². The van der Waals surface area contributed by atoms with E-state index in [2.05, 4.69) is 13.0 Å². The Morgan fingerprint density at radius 3 is 2.92 bits per heavy atom. The van der Waals surface area contributed by atoms with Crippen molar-refractivity contribution in [2.45, 2.75) is 19.8 Å². The number of fused-ring (bicyclic) bond motifs is 1. The van der Waals surface area contributed by atoms with Crippen LogP contribution in [0.5, 0.6) is 5.75 Å². The molecule has 1 nitrogen and oxygen atoms in total. The highest BCUT2D eigenvalue weighted by Crippen LogP contribution is 2.28. The molecule has 0 saturated carbocycles. The maximum absolute atomic E-state index is 9.27. The zero-order valence-electron chi connectivity index (χ0n) is 7.58. The Bertz CT molecular complexity index is 417. The minimum absolute atomic E-state index is 0.355. The lowest BCUT2D eigenvalue weighted by Crippen LogP contribution is -1.72. The molecule has 0 bridgehead atoms. The van der Waals surface area contributed by atoms with Crippen molar-refractivity contribution in [1.82, 2.24) is 0 Å². The van der Waals surface area contributed by atoms with Crippen LogP contribution in [-0.2, 0) is 6.42 Å². The lowest BCUT2D eigenvalue weighted by atomic mass is 10.2. The van der Waals surface area contributed by atoms with Gasteiger partial charge in [-0.15, -0.1) is 11.3 Å². The molecule has 0 radical (unpaired) electrons. The molecule has 0 amide bonds. The monoisotopic (exact) mass is 192 g/mol. The fraction of sp³-hybridized carbons (Fsp3) is 0.273. The van der Waals surface area contributed by atoms with E-state index in [0.29, 0.717) is 5.75 Å². The van der Waals surface area contributed by atoms with Crippen LogP contribution in [0.3, 0.4) is 0 Å². The van der Waals surface area contributed by atoms with Crippen molar-refractivity contribution < 1.29 is 5.11 Å². The molecule has 1 heterocycles. The van der Waals surface area contributed by atoms with Gasteiger partial charge in [-0.1, -0.05) is 13.3 Å². The summed E-state index contributed by atoms with van der Waals surface area (Å²) in [5.74, 6) is 0.355. The lowest BCUT2D eigenvalue weighted by Gasteiger charge is -1.89. The van der Waals surface area contributed by atoms with Gasteiger partial charge in [0.25, 0.3) is 0 Å². The van der Waals surface area contributed by atoms with Gasteiger partial charge in [-0.05, 0) is 36.1 Å². The first-order valence-electron chi connectivity index (χ1n) is 4.51. The molecule has 1 N–H and O–H groups in total. The Balaban J connectivity index is 2.49. The molecular formula is C11H12OS. The van der Waals surface area contributed by atoms with Crippen molar-refractivity contribution in [3.05, 3.63) is 29.1 Å². The second kappa shape index (κ2) is 3.38. The third-order valence-corrected chi connectivity index (χ3v) is 3.22. The number of benzene rings is 1. The number of thiophene rings is 1. The highest BCUT2D eigenvalue weighted by molar-refractivity contribution is 7.19. The fourth-order valence-electron chi connectivity index (χ4n) is 1.46. The van der Waals surface area contributed by atoms with Crippen LogP contribution in [0, 0.1) is 0 Å². The van der Waals surface area contributed by atoms with E-state index < -0.39 is 0 Å². The molecule has 0 aliphatic heterocycles. The van der Waals surface area contributed by atoms with Crippen molar-refractivity contribution in [2.75, 3.05) is 0 Å². The van der Waals surface area contributed by atoms with Crippen LogP contribution < -0.4 is 0 Å². The van der Waals surface area contributed by atoms with E-state index >= 15 is 0 Å². The summed E-state index contributed by atoms with van der Waals surface area (Å²) in [7, 11) is 0. The van der Waals surface area contributed by atoms with Gasteiger partial charge >= 0.3 is 0 Å². The number of aryl methyl sites for hydroxylation is 1. The van der Waals surface area contributed by atoms with Crippen LogP contribution in [0.1, 0.15) is 18.2 Å². The Morgan fingerprint density at radius 1 is 1.31 bits per heavy atom. The SMILES string of the molecule is CCCc1cc2cc(O)ccc2s1. The van der Waals surface area contributed by atoms with Crippen molar-refractivity contribution in [3.8, 4) is 5.75 Å². The van der Waals surface area contributed by atoms with Crippen LogP contribution in [0.2, 0.25) is 0 Å². The Labute approximate surface area is 81.6 Å². The Morgan fingerprint density at radius 2 is 2.15 bits per heavy atom. The zero-order valence-corrected chi connectivity index (χ0v) is 8.40. The lowest BCUT2D eigenvalue weighted by molar-refractivity contribution is 0.476. The summed E-state index contributed by atoms with van der Waals surface area (Å²) in [6.07, 6.45) is 2.32. The van der Waals surface area contributed by atoms with Gasteiger partial charge in [0, 0.05) is 9.58 Å². The van der Waals surface area contributed by atoms with Crippen molar-refractivity contribution in [1.29, 1.82) is 0 Å². The molecule has 1 aromatic heterocycles. The maximum Gasteiger partial charge on any atom is 0.116 e. The predicted octanol–water partition coefficient (Wildman–Crippen LogP) is 3.56. The molecule has 2 aromatic rings. The summed E-state index contributed by atoms with van der Waals surface area (Å²) < 4.78 is 1.27. The molecule has 0 fully saturated rings. The third-order valence-electron chi connectivity index (χ3n) is 2.05. The average molecular weight is 192 g/mol. The summed E-state index contributed by atoms with van der Waals surface area (Å²) in [5, 5.41) is 10.4. The molecule has 0 saturated heterocycles. The summed E-state index contributed by atoms with van der Waals surface area (Å²) in [5.41, 5.74) is 0. The summed E-state index contributed by atoms with van der Waals surface area (Å²) in [6, 6.07) is 7.72. The first kappa shape index (κ1) is 8.57. The second-order valence-corrected chi connectivity index (χ2v) is 4.35. The van der Waals surface area contributed by atoms with Crippen molar-refractivity contribution >= 4 is 21.4 Å². The van der Waals surface area contributed by atoms with Gasteiger partial charge in [-0.3, -0.25) is 0 Å². The molecule has 0 spiro atoms. The van der Waals surface area contributed by atoms with Crippen molar-refractivity contribution in [2.24, 2.45) is 0 Å². The number of rotatable bonds is 2. The van der Waals surface area contributed by atoms with Crippen LogP contribution in [0.15, 0.2) is 24.3 Å². The van der Waals surface area contributed by atoms with E-state index in [0.717, 1.165) is 11.8 Å². The van der Waals surface area contributed by atoms with Gasteiger partial charge in [0.2, 0.25) is 0 Å². The summed E-state index contributed by atoms with van der Waals surface area (Å²) in [4.78, 5) is 1.41. The normalized spacial score (nSPS) is 10.8. The molecule has 13 heavy (non-hydrogen) atoms. The second-order valence-electron chi connectivity index (χ2n) is 3.18. The average Bonchev–Trinajstić information content (AvgIpc) is 2.46. The molecule has 0 aliphatic rings. The minimum atomic E-state index is 0.355. The molecule has 68 valence electrons. The van der Waals surface area contributed by atoms with Gasteiger partial charge in [0.15, 0.2) is 0 Å². The fourth-order valence-corrected chi connectivity index (χ4v) is 2.60. The number of aromatic hydroxyl groups is 1. The third kappa shape index (κ3) is 1.68. The molecule has 0 aliphatic carbocycles. The standard InChI is InChI=1S/C11H12OS/c1-2-3-10-7-8-6-9(12)4-5-11(8)13-10/h4-7,12H,2-3H2,1H3.